The summed E-state index contributed by atoms with van der Waals surface area (Å²) in [4.78, 5) is 23.3. The number of carbonyl (C=O) groups excluding carboxylic acids is 2. The number of nitrogens with one attached hydrogen (secondary N) is 2. The number of primary amides is 1. The van der Waals surface area contributed by atoms with Gasteiger partial charge in [-0.3, -0.25) is 4.79 Å². The first-order valence-electron chi connectivity index (χ1n) is 7.51. The Bertz CT molecular complexity index is 527. The molecule has 1 aliphatic rings. The Balaban J connectivity index is 1.93. The van der Waals surface area contributed by atoms with Gasteiger partial charge in [0.05, 0.1) is 19.1 Å². The van der Waals surface area contributed by atoms with Gasteiger partial charge in [0.25, 0.3) is 0 Å². The third-order valence-electron chi connectivity index (χ3n) is 3.76. The molecular formula is C16H23N3O3. The molecule has 1 heterocycles. The van der Waals surface area contributed by atoms with Crippen molar-refractivity contribution in [3.63, 3.8) is 0 Å². The highest BCUT2D eigenvalue weighted by Crippen LogP contribution is 2.18. The molecule has 2 unspecified atom stereocenters. The van der Waals surface area contributed by atoms with E-state index in [1.165, 1.54) is 0 Å². The van der Waals surface area contributed by atoms with Crippen molar-refractivity contribution in [2.45, 2.75) is 25.8 Å². The van der Waals surface area contributed by atoms with E-state index in [-0.39, 0.29) is 12.3 Å². The molecule has 1 aromatic rings. The van der Waals surface area contributed by atoms with E-state index in [0.717, 1.165) is 24.2 Å². The van der Waals surface area contributed by atoms with Gasteiger partial charge in [-0.15, -0.1) is 0 Å². The number of aryl methyl sites for hydroxylation is 1. The van der Waals surface area contributed by atoms with E-state index in [9.17, 15) is 9.59 Å². The van der Waals surface area contributed by atoms with E-state index < -0.39 is 12.1 Å². The number of hydrogen-bond acceptors (Lipinski definition) is 3. The maximum absolute atomic E-state index is 12.1. The Hall–Kier alpha value is -2.08. The van der Waals surface area contributed by atoms with Crippen LogP contribution in [0, 0.1) is 12.8 Å². The highest BCUT2D eigenvalue weighted by Gasteiger charge is 2.20. The van der Waals surface area contributed by atoms with E-state index in [4.69, 9.17) is 10.5 Å². The quantitative estimate of drug-likeness (QED) is 0.738. The molecule has 1 saturated heterocycles. The molecule has 2 atom stereocenters. The van der Waals surface area contributed by atoms with Gasteiger partial charge < -0.3 is 21.1 Å². The van der Waals surface area contributed by atoms with Crippen LogP contribution < -0.4 is 16.4 Å². The maximum Gasteiger partial charge on any atom is 0.312 e. The van der Waals surface area contributed by atoms with E-state index in [2.05, 4.69) is 10.6 Å². The first-order valence-corrected chi connectivity index (χ1v) is 7.51. The van der Waals surface area contributed by atoms with Gasteiger partial charge in [-0.25, -0.2) is 4.79 Å². The van der Waals surface area contributed by atoms with Gasteiger partial charge in [0.1, 0.15) is 0 Å². The van der Waals surface area contributed by atoms with E-state index in [1.807, 2.05) is 31.2 Å². The van der Waals surface area contributed by atoms with Crippen LogP contribution in [0.25, 0.3) is 0 Å². The smallest absolute Gasteiger partial charge is 0.312 e. The topological polar surface area (TPSA) is 93.4 Å². The Labute approximate surface area is 130 Å². The van der Waals surface area contributed by atoms with E-state index >= 15 is 0 Å². The number of ether oxygens (including phenoxy) is 1. The summed E-state index contributed by atoms with van der Waals surface area (Å²) in [6.45, 7) is 4.03. The predicted octanol–water partition coefficient (Wildman–Crippen LogP) is 1.25. The number of nitrogens with two attached hydrogens (primary N) is 1. The Morgan fingerprint density at radius 1 is 1.45 bits per heavy atom. The maximum atomic E-state index is 12.1. The van der Waals surface area contributed by atoms with Crippen molar-refractivity contribution in [2.75, 3.05) is 19.8 Å². The summed E-state index contributed by atoms with van der Waals surface area (Å²) in [7, 11) is 0. The normalized spacial score (nSPS) is 18.7. The van der Waals surface area contributed by atoms with Gasteiger partial charge in [-0.2, -0.15) is 0 Å². The fraction of sp³-hybridized carbons (Fsp3) is 0.500. The molecule has 0 aliphatic carbocycles. The minimum absolute atomic E-state index is 0.104. The molecule has 0 radical (unpaired) electrons. The van der Waals surface area contributed by atoms with Crippen molar-refractivity contribution < 1.29 is 14.3 Å². The number of urea groups is 1. The Kier molecular flexibility index (Phi) is 5.77. The van der Waals surface area contributed by atoms with Crippen molar-refractivity contribution in [3.8, 4) is 0 Å². The summed E-state index contributed by atoms with van der Waals surface area (Å²) in [5.41, 5.74) is 7.16. The first-order chi connectivity index (χ1) is 10.5. The molecule has 6 nitrogen and oxygen atoms in total. The van der Waals surface area contributed by atoms with E-state index in [1.54, 1.807) is 0 Å². The van der Waals surface area contributed by atoms with Crippen LogP contribution in [-0.2, 0) is 9.53 Å². The molecule has 2 rings (SSSR count). The lowest BCUT2D eigenvalue weighted by molar-refractivity contribution is -0.121. The van der Waals surface area contributed by atoms with Crippen LogP contribution in [0.3, 0.4) is 0 Å². The monoisotopic (exact) mass is 305 g/mol. The number of amides is 3. The van der Waals surface area contributed by atoms with Crippen LogP contribution >= 0.6 is 0 Å². The van der Waals surface area contributed by atoms with Gasteiger partial charge in [-0.1, -0.05) is 29.8 Å². The summed E-state index contributed by atoms with van der Waals surface area (Å²) < 4.78 is 5.28. The molecule has 4 N–H and O–H groups in total. The molecule has 0 aromatic heterocycles. The zero-order valence-corrected chi connectivity index (χ0v) is 12.8. The second kappa shape index (κ2) is 7.79. The average Bonchev–Trinajstić information content (AvgIpc) is 2.97. The fourth-order valence-electron chi connectivity index (χ4n) is 2.57. The summed E-state index contributed by atoms with van der Waals surface area (Å²) in [5, 5.41) is 5.54. The molecule has 0 spiro atoms. The van der Waals surface area contributed by atoms with Gasteiger partial charge >= 0.3 is 6.03 Å². The van der Waals surface area contributed by atoms with Gasteiger partial charge in [0, 0.05) is 19.1 Å². The van der Waals surface area contributed by atoms with Crippen molar-refractivity contribution >= 4 is 11.9 Å². The molecule has 3 amide bonds. The number of hydrogen-bond donors (Lipinski definition) is 3. The molecule has 1 aliphatic heterocycles. The van der Waals surface area contributed by atoms with Crippen LogP contribution in [0.5, 0.6) is 0 Å². The van der Waals surface area contributed by atoms with Crippen LogP contribution in [0.1, 0.15) is 30.0 Å². The van der Waals surface area contributed by atoms with Crippen molar-refractivity contribution in [1.82, 2.24) is 10.6 Å². The predicted molar refractivity (Wildman–Crippen MR) is 83.2 cm³/mol. The average molecular weight is 305 g/mol. The molecule has 6 heteroatoms. The lowest BCUT2D eigenvalue weighted by atomic mass is 10.0. The van der Waals surface area contributed by atoms with E-state index in [0.29, 0.717) is 19.1 Å². The molecule has 1 fully saturated rings. The number of rotatable bonds is 6. The SMILES string of the molecule is Cc1cccc(C(CC(=O)NCC2CCOC2)NC(N)=O)c1. The van der Waals surface area contributed by atoms with Gasteiger partial charge in [0.2, 0.25) is 5.91 Å². The highest BCUT2D eigenvalue weighted by atomic mass is 16.5. The third-order valence-corrected chi connectivity index (χ3v) is 3.76. The number of carbonyl (C=O) groups is 2. The summed E-state index contributed by atoms with van der Waals surface area (Å²) in [6.07, 6.45) is 1.14. The van der Waals surface area contributed by atoms with Crippen LogP contribution in [0.2, 0.25) is 0 Å². The zero-order valence-electron chi connectivity index (χ0n) is 12.8. The minimum Gasteiger partial charge on any atom is -0.381 e. The van der Waals surface area contributed by atoms with Crippen LogP contribution in [0.4, 0.5) is 4.79 Å². The second-order valence-corrected chi connectivity index (χ2v) is 5.71. The summed E-state index contributed by atoms with van der Waals surface area (Å²) in [5.74, 6) is 0.276. The minimum atomic E-state index is -0.636. The van der Waals surface area contributed by atoms with Crippen LogP contribution in [0.15, 0.2) is 24.3 Å². The molecule has 1 aromatic carbocycles. The largest absolute Gasteiger partial charge is 0.381 e. The molecule has 22 heavy (non-hydrogen) atoms. The lowest BCUT2D eigenvalue weighted by Gasteiger charge is -2.19. The summed E-state index contributed by atoms with van der Waals surface area (Å²) >= 11 is 0. The summed E-state index contributed by atoms with van der Waals surface area (Å²) in [6, 6.07) is 6.63. The van der Waals surface area contributed by atoms with Crippen molar-refractivity contribution in [2.24, 2.45) is 11.7 Å². The first kappa shape index (κ1) is 16.3. The second-order valence-electron chi connectivity index (χ2n) is 5.71. The van der Waals surface area contributed by atoms with Crippen LogP contribution in [-0.4, -0.2) is 31.7 Å². The number of benzene rings is 1. The molecular weight excluding hydrogens is 282 g/mol. The highest BCUT2D eigenvalue weighted by molar-refractivity contribution is 5.78. The van der Waals surface area contributed by atoms with Crippen molar-refractivity contribution in [1.29, 1.82) is 0 Å². The zero-order chi connectivity index (χ0) is 15.9. The van der Waals surface area contributed by atoms with Gasteiger partial charge in [0.15, 0.2) is 0 Å². The Morgan fingerprint density at radius 2 is 2.27 bits per heavy atom. The third kappa shape index (κ3) is 5.04. The standard InChI is InChI=1S/C16H23N3O3/c1-11-3-2-4-13(7-11)14(19-16(17)21)8-15(20)18-9-12-5-6-22-10-12/h2-4,7,12,14H,5-6,8-10H2,1H3,(H,18,20)(H3,17,19,21). The Morgan fingerprint density at radius 3 is 2.91 bits per heavy atom. The van der Waals surface area contributed by atoms with Crippen molar-refractivity contribution in [3.05, 3.63) is 35.4 Å². The fourth-order valence-corrected chi connectivity index (χ4v) is 2.57. The molecule has 0 bridgehead atoms. The molecule has 120 valence electrons. The molecule has 0 saturated carbocycles. The lowest BCUT2D eigenvalue weighted by Crippen LogP contribution is -2.37. The van der Waals surface area contributed by atoms with Gasteiger partial charge in [-0.05, 0) is 18.9 Å².